The first-order valence-corrected chi connectivity index (χ1v) is 6.17. The van der Waals surface area contributed by atoms with Crippen molar-refractivity contribution in [3.05, 3.63) is 0 Å². The van der Waals surface area contributed by atoms with Crippen molar-refractivity contribution in [2.75, 3.05) is 0 Å². The molecule has 0 heterocycles. The number of hydrogen-bond donors (Lipinski definition) is 2. The van der Waals surface area contributed by atoms with Gasteiger partial charge in [0.05, 0.1) is 0 Å². The molecule has 0 amide bonds. The fourth-order valence-electron chi connectivity index (χ4n) is 1.12. The minimum Gasteiger partial charge on any atom is -0.433 e. The van der Waals surface area contributed by atoms with Gasteiger partial charge in [-0.3, -0.25) is 14.4 Å². The molecule has 0 aromatic carbocycles. The highest BCUT2D eigenvalue weighted by Gasteiger charge is 2.34. The van der Waals surface area contributed by atoms with E-state index in [1.165, 1.54) is 0 Å². The molecule has 8 heteroatoms. The van der Waals surface area contributed by atoms with Gasteiger partial charge in [-0.05, 0) is 12.8 Å². The van der Waals surface area contributed by atoms with Crippen LogP contribution in [0.3, 0.4) is 0 Å². The molecular formula is C12H18O8. The summed E-state index contributed by atoms with van der Waals surface area (Å²) in [6.07, 6.45) is -3.70. The van der Waals surface area contributed by atoms with Gasteiger partial charge in [0, 0.05) is 12.8 Å². The molecule has 8 nitrogen and oxygen atoms in total. The van der Waals surface area contributed by atoms with E-state index in [2.05, 4.69) is 9.47 Å². The lowest BCUT2D eigenvalue weighted by Gasteiger charge is -2.16. The molecule has 0 aliphatic carbocycles. The fraction of sp³-hybridized carbons (Fsp3) is 0.667. The van der Waals surface area contributed by atoms with Gasteiger partial charge in [-0.25, -0.2) is 4.79 Å². The predicted molar refractivity (Wildman–Crippen MR) is 64.0 cm³/mol. The number of aliphatic hydroxyl groups is 2. The molecule has 2 N–H and O–H groups in total. The van der Waals surface area contributed by atoms with E-state index in [1.54, 1.807) is 13.8 Å². The van der Waals surface area contributed by atoms with Gasteiger partial charge >= 0.3 is 17.9 Å². The standard InChI is InChI=1S/C12H18O8/c1-3-5-7(13)19-11(17)9(15)10(16)12(18)20-8(14)6-4-2/h9,11,15,17H,3-6H2,1-2H3. The summed E-state index contributed by atoms with van der Waals surface area (Å²) >= 11 is 0. The molecule has 0 aliphatic rings. The van der Waals surface area contributed by atoms with Crippen LogP contribution < -0.4 is 0 Å². The summed E-state index contributed by atoms with van der Waals surface area (Å²) in [5.74, 6) is -4.93. The quantitative estimate of drug-likeness (QED) is 0.264. The largest absolute Gasteiger partial charge is 0.433 e. The van der Waals surface area contributed by atoms with Gasteiger partial charge in [-0.1, -0.05) is 13.8 Å². The van der Waals surface area contributed by atoms with Crippen molar-refractivity contribution < 1.29 is 38.9 Å². The Morgan fingerprint density at radius 2 is 1.45 bits per heavy atom. The van der Waals surface area contributed by atoms with Crippen LogP contribution in [-0.2, 0) is 28.7 Å². The number of carbonyl (C=O) groups excluding carboxylic acids is 4. The second-order valence-corrected chi connectivity index (χ2v) is 3.95. The van der Waals surface area contributed by atoms with E-state index in [4.69, 9.17) is 0 Å². The topological polar surface area (TPSA) is 127 Å². The molecule has 0 aromatic heterocycles. The first-order chi connectivity index (χ1) is 9.33. The zero-order chi connectivity index (χ0) is 15.7. The molecule has 0 spiro atoms. The Hall–Kier alpha value is -1.80. The van der Waals surface area contributed by atoms with Gasteiger partial charge in [0.1, 0.15) is 0 Å². The molecule has 2 atom stereocenters. The maximum absolute atomic E-state index is 11.3. The van der Waals surface area contributed by atoms with Gasteiger partial charge < -0.3 is 19.7 Å². The van der Waals surface area contributed by atoms with Gasteiger partial charge in [0.15, 0.2) is 6.10 Å². The lowest BCUT2D eigenvalue weighted by atomic mass is 10.2. The molecule has 0 aliphatic heterocycles. The highest BCUT2D eigenvalue weighted by atomic mass is 16.6. The Labute approximate surface area is 115 Å². The summed E-state index contributed by atoms with van der Waals surface area (Å²) < 4.78 is 8.47. The summed E-state index contributed by atoms with van der Waals surface area (Å²) in [6.45, 7) is 3.35. The van der Waals surface area contributed by atoms with Gasteiger partial charge in [-0.15, -0.1) is 0 Å². The third-order valence-electron chi connectivity index (χ3n) is 2.11. The highest BCUT2D eigenvalue weighted by Crippen LogP contribution is 2.03. The van der Waals surface area contributed by atoms with Crippen molar-refractivity contribution in [2.24, 2.45) is 0 Å². The monoisotopic (exact) mass is 290 g/mol. The Balaban J connectivity index is 4.41. The highest BCUT2D eigenvalue weighted by molar-refractivity contribution is 6.36. The average molecular weight is 290 g/mol. The Kier molecular flexibility index (Phi) is 8.33. The normalized spacial score (nSPS) is 13.2. The lowest BCUT2D eigenvalue weighted by molar-refractivity contribution is -0.192. The molecule has 0 fully saturated rings. The predicted octanol–water partition coefficient (Wildman–Crippen LogP) is -0.552. The Morgan fingerprint density at radius 1 is 0.950 bits per heavy atom. The van der Waals surface area contributed by atoms with Crippen LogP contribution in [0.5, 0.6) is 0 Å². The van der Waals surface area contributed by atoms with Gasteiger partial charge in [-0.2, -0.15) is 0 Å². The van der Waals surface area contributed by atoms with E-state index in [-0.39, 0.29) is 12.8 Å². The van der Waals surface area contributed by atoms with Gasteiger partial charge in [0.2, 0.25) is 6.29 Å². The third-order valence-corrected chi connectivity index (χ3v) is 2.11. The number of hydrogen-bond acceptors (Lipinski definition) is 8. The number of rotatable bonds is 8. The summed E-state index contributed by atoms with van der Waals surface area (Å²) in [6, 6.07) is 0. The van der Waals surface area contributed by atoms with Crippen LogP contribution >= 0.6 is 0 Å². The molecule has 20 heavy (non-hydrogen) atoms. The van der Waals surface area contributed by atoms with Crippen molar-refractivity contribution in [3.8, 4) is 0 Å². The van der Waals surface area contributed by atoms with E-state index in [0.29, 0.717) is 12.8 Å². The number of esters is 3. The van der Waals surface area contributed by atoms with E-state index in [0.717, 1.165) is 0 Å². The minimum atomic E-state index is -2.29. The maximum Gasteiger partial charge on any atom is 0.385 e. The van der Waals surface area contributed by atoms with Crippen molar-refractivity contribution in [2.45, 2.75) is 51.9 Å². The number of carbonyl (C=O) groups is 4. The van der Waals surface area contributed by atoms with Crippen LogP contribution in [0.1, 0.15) is 39.5 Å². The number of aliphatic hydroxyl groups excluding tert-OH is 2. The number of ether oxygens (including phenoxy) is 2. The molecule has 0 bridgehead atoms. The third kappa shape index (κ3) is 6.39. The van der Waals surface area contributed by atoms with Crippen molar-refractivity contribution in [1.82, 2.24) is 0 Å². The molecule has 0 saturated heterocycles. The number of Topliss-reactive ketones (excluding diaryl/α,β-unsaturated/α-hetero) is 1. The van der Waals surface area contributed by atoms with E-state index in [1.807, 2.05) is 0 Å². The zero-order valence-corrected chi connectivity index (χ0v) is 11.3. The second-order valence-electron chi connectivity index (χ2n) is 3.95. The summed E-state index contributed by atoms with van der Waals surface area (Å²) in [4.78, 5) is 44.5. The smallest absolute Gasteiger partial charge is 0.385 e. The van der Waals surface area contributed by atoms with E-state index < -0.39 is 36.1 Å². The molecule has 2 unspecified atom stereocenters. The fourth-order valence-corrected chi connectivity index (χ4v) is 1.12. The minimum absolute atomic E-state index is 0.0165. The Bertz CT molecular complexity index is 376. The molecule has 114 valence electrons. The Morgan fingerprint density at radius 3 is 1.95 bits per heavy atom. The first kappa shape index (κ1) is 18.2. The molecular weight excluding hydrogens is 272 g/mol. The van der Waals surface area contributed by atoms with Crippen LogP contribution in [0.4, 0.5) is 0 Å². The van der Waals surface area contributed by atoms with Crippen LogP contribution in [0.25, 0.3) is 0 Å². The summed E-state index contributed by atoms with van der Waals surface area (Å²) in [7, 11) is 0. The van der Waals surface area contributed by atoms with Crippen LogP contribution in [0.15, 0.2) is 0 Å². The summed E-state index contributed by atoms with van der Waals surface area (Å²) in [5, 5.41) is 18.6. The van der Waals surface area contributed by atoms with Crippen molar-refractivity contribution in [1.29, 1.82) is 0 Å². The zero-order valence-electron chi connectivity index (χ0n) is 11.3. The van der Waals surface area contributed by atoms with Crippen LogP contribution in [0.2, 0.25) is 0 Å². The van der Waals surface area contributed by atoms with Crippen molar-refractivity contribution in [3.63, 3.8) is 0 Å². The number of ketones is 1. The maximum atomic E-state index is 11.3. The molecule has 0 radical (unpaired) electrons. The second kappa shape index (κ2) is 9.16. The van der Waals surface area contributed by atoms with E-state index >= 15 is 0 Å². The summed E-state index contributed by atoms with van der Waals surface area (Å²) in [5.41, 5.74) is 0. The molecule has 0 aromatic rings. The molecule has 0 rings (SSSR count). The van der Waals surface area contributed by atoms with Crippen LogP contribution in [-0.4, -0.2) is 46.3 Å². The van der Waals surface area contributed by atoms with Gasteiger partial charge in [0.25, 0.3) is 5.78 Å². The van der Waals surface area contributed by atoms with E-state index in [9.17, 15) is 29.4 Å². The lowest BCUT2D eigenvalue weighted by Crippen LogP contribution is -2.42. The van der Waals surface area contributed by atoms with Crippen molar-refractivity contribution >= 4 is 23.7 Å². The SMILES string of the molecule is CCCC(=O)OC(=O)C(=O)C(O)C(O)OC(=O)CCC. The first-order valence-electron chi connectivity index (χ1n) is 6.17. The molecule has 0 saturated carbocycles. The average Bonchev–Trinajstić information content (AvgIpc) is 2.37. The van der Waals surface area contributed by atoms with Crippen LogP contribution in [0, 0.1) is 0 Å².